The van der Waals surface area contributed by atoms with Crippen molar-refractivity contribution in [1.29, 1.82) is 0 Å². The first-order valence-electron chi connectivity index (χ1n) is 18.7. The van der Waals surface area contributed by atoms with E-state index in [2.05, 4.69) is 158 Å². The summed E-state index contributed by atoms with van der Waals surface area (Å²) in [6.45, 7) is 0. The second kappa shape index (κ2) is 9.75. The molecule has 4 bridgehead atoms. The number of hydrogen-bond donors (Lipinski definition) is 0. The molecule has 10 aromatic carbocycles. The molecule has 0 nitrogen and oxygen atoms in total. The number of fused-ring (bicyclic) bond motifs is 6. The first-order chi connectivity index (χ1) is 25.7. The van der Waals surface area contributed by atoms with Crippen molar-refractivity contribution in [1.82, 2.24) is 0 Å². The Morgan fingerprint density at radius 1 is 0.288 bits per heavy atom. The Hall–Kier alpha value is -6.24. The summed E-state index contributed by atoms with van der Waals surface area (Å²) in [5.41, 5.74) is 15.1. The Morgan fingerprint density at radius 3 is 0.942 bits per heavy atom. The van der Waals surface area contributed by atoms with Gasteiger partial charge in [-0.2, -0.15) is 0 Å². The van der Waals surface area contributed by atoms with Crippen LogP contribution in [0.25, 0.3) is 64.6 Å². The fraction of sp³-hybridized carbons (Fsp3) is 0.0769. The van der Waals surface area contributed by atoms with Crippen molar-refractivity contribution >= 4 is 64.6 Å². The summed E-state index contributed by atoms with van der Waals surface area (Å²) in [7, 11) is 0. The van der Waals surface area contributed by atoms with Crippen molar-refractivity contribution in [2.24, 2.45) is 0 Å². The number of hydrogen-bond acceptors (Lipinski definition) is 0. The standard InChI is InChI=1S/C52H32/c1-2-10-30-18-38-26-46-45(25-37(38)17-29(30)9-1)49-41-21-33-13-5-6-14-34(33)22-42(41)50(46)52-44-24-36-16-8-7-15-35(36)23-43(44)51(49)47-27-39-19-31-11-3-4-12-32(31)20-40(39)28-48(47)52/h1-26,49-50H,27-28H2. The molecule has 0 saturated heterocycles. The molecule has 0 spiro atoms. The van der Waals surface area contributed by atoms with Crippen LogP contribution in [0.3, 0.4) is 0 Å². The van der Waals surface area contributed by atoms with Gasteiger partial charge in [0.05, 0.1) is 0 Å². The quantitative estimate of drug-likeness (QED) is 0.143. The molecule has 0 aliphatic heterocycles. The van der Waals surface area contributed by atoms with Gasteiger partial charge in [0.2, 0.25) is 0 Å². The minimum Gasteiger partial charge on any atom is -0.0616 e. The second-order valence-electron chi connectivity index (χ2n) is 15.6. The van der Waals surface area contributed by atoms with E-state index in [-0.39, 0.29) is 11.8 Å². The zero-order chi connectivity index (χ0) is 33.7. The minimum absolute atomic E-state index is 0.135. The SMILES string of the molecule is c1ccc2cc3c(cc2c1)Cc1c(c2c4cc5ccccc5cc4c1C1c4cc5ccccc5cc4C2c2cc4cc5ccccc5cc4cc21)C3. The van der Waals surface area contributed by atoms with Gasteiger partial charge in [0.25, 0.3) is 0 Å². The highest BCUT2D eigenvalue weighted by atomic mass is 14.5. The molecule has 0 radical (unpaired) electrons. The molecule has 0 N–H and O–H groups in total. The molecule has 240 valence electrons. The lowest BCUT2D eigenvalue weighted by atomic mass is 9.59. The molecule has 0 amide bonds. The first-order valence-corrected chi connectivity index (χ1v) is 18.7. The molecule has 0 saturated carbocycles. The minimum atomic E-state index is 0.135. The van der Waals surface area contributed by atoms with Gasteiger partial charge >= 0.3 is 0 Å². The molecule has 0 aromatic heterocycles. The second-order valence-corrected chi connectivity index (χ2v) is 15.6. The van der Waals surface area contributed by atoms with Gasteiger partial charge in [0, 0.05) is 11.8 Å². The molecule has 2 atom stereocenters. The van der Waals surface area contributed by atoms with E-state index in [1.807, 2.05) is 0 Å². The van der Waals surface area contributed by atoms with Crippen molar-refractivity contribution < 1.29 is 0 Å². The van der Waals surface area contributed by atoms with Crippen molar-refractivity contribution in [3.63, 3.8) is 0 Å². The summed E-state index contributed by atoms with van der Waals surface area (Å²) in [6, 6.07) is 60.9. The zero-order valence-corrected chi connectivity index (χ0v) is 28.6. The fourth-order valence-electron chi connectivity index (χ4n) is 10.7. The Bertz CT molecular complexity index is 3030. The molecule has 52 heavy (non-hydrogen) atoms. The first kappa shape index (κ1) is 27.5. The molecule has 0 fully saturated rings. The van der Waals surface area contributed by atoms with Gasteiger partial charge in [-0.3, -0.25) is 0 Å². The highest BCUT2D eigenvalue weighted by molar-refractivity contribution is 6.06. The third kappa shape index (κ3) is 3.57. The maximum atomic E-state index is 2.58. The lowest BCUT2D eigenvalue weighted by Crippen LogP contribution is -2.28. The fourth-order valence-corrected chi connectivity index (χ4v) is 10.7. The van der Waals surface area contributed by atoms with Gasteiger partial charge in [-0.15, -0.1) is 0 Å². The normalized spacial score (nSPS) is 16.7. The third-order valence-corrected chi connectivity index (χ3v) is 13.0. The van der Waals surface area contributed by atoms with Gasteiger partial charge in [0.15, 0.2) is 0 Å². The number of rotatable bonds is 0. The van der Waals surface area contributed by atoms with E-state index in [0.29, 0.717) is 0 Å². The highest BCUT2D eigenvalue weighted by Gasteiger charge is 2.43. The number of benzene rings is 10. The summed E-state index contributed by atoms with van der Waals surface area (Å²) in [4.78, 5) is 0. The Labute approximate surface area is 301 Å². The predicted octanol–water partition coefficient (Wildman–Crippen LogP) is 13.1. The highest BCUT2D eigenvalue weighted by Crippen LogP contribution is 2.59. The average molecular weight is 657 g/mol. The van der Waals surface area contributed by atoms with Crippen LogP contribution < -0.4 is 0 Å². The summed E-state index contributed by atoms with van der Waals surface area (Å²) in [6.07, 6.45) is 1.95. The van der Waals surface area contributed by atoms with Gasteiger partial charge in [-0.1, -0.05) is 109 Å². The van der Waals surface area contributed by atoms with Gasteiger partial charge in [0.1, 0.15) is 0 Å². The molecular formula is C52H32. The van der Waals surface area contributed by atoms with Crippen LogP contribution in [-0.2, 0) is 12.8 Å². The van der Waals surface area contributed by atoms with Crippen molar-refractivity contribution in [3.05, 3.63) is 213 Å². The molecular weight excluding hydrogens is 625 g/mol. The van der Waals surface area contributed by atoms with E-state index in [1.165, 1.54) is 109 Å². The molecule has 2 unspecified atom stereocenters. The predicted molar refractivity (Wildman–Crippen MR) is 218 cm³/mol. The van der Waals surface area contributed by atoms with E-state index < -0.39 is 0 Å². The van der Waals surface area contributed by atoms with Crippen LogP contribution in [-0.4, -0.2) is 0 Å². The van der Waals surface area contributed by atoms with Crippen molar-refractivity contribution in [2.45, 2.75) is 24.7 Å². The average Bonchev–Trinajstić information content (AvgIpc) is 3.17. The van der Waals surface area contributed by atoms with Crippen LogP contribution in [0.15, 0.2) is 158 Å². The van der Waals surface area contributed by atoms with Crippen LogP contribution in [0.2, 0.25) is 0 Å². The summed E-state index contributed by atoms with van der Waals surface area (Å²) < 4.78 is 0. The molecule has 10 aromatic rings. The van der Waals surface area contributed by atoms with E-state index in [0.717, 1.165) is 12.8 Å². The molecule has 0 heterocycles. The Balaban J connectivity index is 1.21. The van der Waals surface area contributed by atoms with Gasteiger partial charge in [-0.05, 0) is 182 Å². The van der Waals surface area contributed by atoms with Crippen molar-refractivity contribution in [3.8, 4) is 0 Å². The molecule has 6 aliphatic rings. The summed E-state index contributed by atoms with van der Waals surface area (Å²) in [5, 5.41) is 16.1. The lowest BCUT2D eigenvalue weighted by Gasteiger charge is -2.43. The van der Waals surface area contributed by atoms with Crippen LogP contribution in [0.5, 0.6) is 0 Å². The maximum absolute atomic E-state index is 2.58. The summed E-state index contributed by atoms with van der Waals surface area (Å²) >= 11 is 0. The summed E-state index contributed by atoms with van der Waals surface area (Å²) in [5.74, 6) is 0.269. The van der Waals surface area contributed by atoms with E-state index in [1.54, 1.807) is 11.1 Å². The van der Waals surface area contributed by atoms with E-state index in [9.17, 15) is 0 Å². The lowest BCUT2D eigenvalue weighted by molar-refractivity contribution is 0.785. The monoisotopic (exact) mass is 656 g/mol. The zero-order valence-electron chi connectivity index (χ0n) is 28.6. The molecule has 6 aliphatic carbocycles. The van der Waals surface area contributed by atoms with E-state index >= 15 is 0 Å². The van der Waals surface area contributed by atoms with Crippen LogP contribution in [0, 0.1) is 0 Å². The van der Waals surface area contributed by atoms with E-state index in [4.69, 9.17) is 0 Å². The van der Waals surface area contributed by atoms with Crippen LogP contribution in [0.4, 0.5) is 0 Å². The smallest absolute Gasteiger partial charge is 0.0355 e. The topological polar surface area (TPSA) is 0 Å². The Morgan fingerprint density at radius 2 is 0.577 bits per heavy atom. The van der Waals surface area contributed by atoms with Crippen molar-refractivity contribution in [2.75, 3.05) is 0 Å². The molecule has 16 rings (SSSR count). The van der Waals surface area contributed by atoms with Gasteiger partial charge in [-0.25, -0.2) is 0 Å². The van der Waals surface area contributed by atoms with Gasteiger partial charge < -0.3 is 0 Å². The largest absolute Gasteiger partial charge is 0.0616 e. The molecule has 0 heteroatoms. The maximum Gasteiger partial charge on any atom is 0.0355 e. The van der Waals surface area contributed by atoms with Crippen LogP contribution >= 0.6 is 0 Å². The third-order valence-electron chi connectivity index (χ3n) is 13.0. The Kier molecular flexibility index (Phi) is 5.15. The van der Waals surface area contributed by atoms with Crippen LogP contribution in [0.1, 0.15) is 67.5 Å².